The third-order valence-electron chi connectivity index (χ3n) is 3.37. The molecule has 3 nitrogen and oxygen atoms in total. The van der Waals surface area contributed by atoms with E-state index in [0.29, 0.717) is 0 Å². The number of rotatable bonds is 4. The second-order valence-corrected chi connectivity index (χ2v) is 6.04. The number of nitrogens with zero attached hydrogens (tertiary/aromatic N) is 1. The number of benzene rings is 1. The van der Waals surface area contributed by atoms with Gasteiger partial charge in [0.25, 0.3) is 0 Å². The van der Waals surface area contributed by atoms with Crippen LogP contribution in [0.2, 0.25) is 0 Å². The number of hydrogen-bond donors (Lipinski definition) is 1. The van der Waals surface area contributed by atoms with Crippen molar-refractivity contribution >= 4 is 29.5 Å². The predicted octanol–water partition coefficient (Wildman–Crippen LogP) is 3.43. The lowest BCUT2D eigenvalue weighted by Gasteiger charge is -1.97. The van der Waals surface area contributed by atoms with Crippen molar-refractivity contribution in [2.45, 2.75) is 25.7 Å². The summed E-state index contributed by atoms with van der Waals surface area (Å²) in [5.74, 6) is -0.800. The number of aryl methyl sites for hydroxylation is 2. The van der Waals surface area contributed by atoms with Crippen molar-refractivity contribution in [3.8, 4) is 0 Å². The number of aromatic nitrogens is 1. The van der Waals surface area contributed by atoms with Gasteiger partial charge in [-0.2, -0.15) is 0 Å². The van der Waals surface area contributed by atoms with Crippen LogP contribution in [0.1, 0.15) is 33.1 Å². The zero-order valence-electron chi connectivity index (χ0n) is 11.0. The molecule has 4 heteroatoms. The minimum absolute atomic E-state index is 0.0726. The summed E-state index contributed by atoms with van der Waals surface area (Å²) in [4.78, 5) is 16.7. The Kier molecular flexibility index (Phi) is 3.65. The molecule has 0 unspecified atom stereocenters. The Labute approximate surface area is 121 Å². The van der Waals surface area contributed by atoms with Gasteiger partial charge in [0, 0.05) is 4.88 Å². The SMILES string of the molecule is O=C(O)Cc1ccc(/C=C/c2nc3c(s2)CCC3)cc1. The molecule has 20 heavy (non-hydrogen) atoms. The van der Waals surface area contributed by atoms with Crippen LogP contribution in [0.5, 0.6) is 0 Å². The molecule has 0 atom stereocenters. The average Bonchev–Trinajstić information content (AvgIpc) is 2.98. The highest BCUT2D eigenvalue weighted by molar-refractivity contribution is 7.12. The van der Waals surface area contributed by atoms with Gasteiger partial charge in [0.1, 0.15) is 5.01 Å². The summed E-state index contributed by atoms with van der Waals surface area (Å²) in [6, 6.07) is 7.59. The first-order chi connectivity index (χ1) is 9.70. The quantitative estimate of drug-likeness (QED) is 0.936. The molecule has 1 aromatic carbocycles. The van der Waals surface area contributed by atoms with E-state index in [1.807, 2.05) is 36.4 Å². The van der Waals surface area contributed by atoms with E-state index in [2.05, 4.69) is 4.98 Å². The summed E-state index contributed by atoms with van der Waals surface area (Å²) in [5, 5.41) is 9.78. The Balaban J connectivity index is 1.70. The maximum Gasteiger partial charge on any atom is 0.307 e. The maximum absolute atomic E-state index is 10.6. The molecule has 0 bridgehead atoms. The number of thiazole rings is 1. The highest BCUT2D eigenvalue weighted by Crippen LogP contribution is 2.28. The van der Waals surface area contributed by atoms with Gasteiger partial charge in [0.05, 0.1) is 12.1 Å². The van der Waals surface area contributed by atoms with Gasteiger partial charge in [-0.05, 0) is 36.5 Å². The van der Waals surface area contributed by atoms with Crippen molar-refractivity contribution in [1.29, 1.82) is 0 Å². The van der Waals surface area contributed by atoms with Gasteiger partial charge in [-0.3, -0.25) is 4.79 Å². The van der Waals surface area contributed by atoms with Crippen LogP contribution in [0.3, 0.4) is 0 Å². The minimum atomic E-state index is -0.800. The van der Waals surface area contributed by atoms with E-state index >= 15 is 0 Å². The molecule has 2 aromatic rings. The van der Waals surface area contributed by atoms with Crippen LogP contribution in [-0.4, -0.2) is 16.1 Å². The molecule has 1 aromatic heterocycles. The summed E-state index contributed by atoms with van der Waals surface area (Å²) in [5.41, 5.74) is 3.16. The van der Waals surface area contributed by atoms with E-state index in [9.17, 15) is 4.79 Å². The molecular formula is C16H15NO2S. The Hall–Kier alpha value is -1.94. The van der Waals surface area contributed by atoms with Gasteiger partial charge in [0.2, 0.25) is 0 Å². The normalized spacial score (nSPS) is 13.8. The van der Waals surface area contributed by atoms with Crippen molar-refractivity contribution in [1.82, 2.24) is 4.98 Å². The topological polar surface area (TPSA) is 50.2 Å². The smallest absolute Gasteiger partial charge is 0.307 e. The molecule has 3 rings (SSSR count). The minimum Gasteiger partial charge on any atom is -0.481 e. The molecule has 0 spiro atoms. The number of carbonyl (C=O) groups is 1. The summed E-state index contributed by atoms with van der Waals surface area (Å²) in [6.07, 6.45) is 7.66. The molecule has 102 valence electrons. The molecule has 0 saturated heterocycles. The second kappa shape index (κ2) is 5.59. The Morgan fingerprint density at radius 3 is 2.75 bits per heavy atom. The maximum atomic E-state index is 10.6. The number of carboxylic acids is 1. The van der Waals surface area contributed by atoms with Gasteiger partial charge in [-0.25, -0.2) is 4.98 Å². The van der Waals surface area contributed by atoms with Crippen molar-refractivity contribution in [3.05, 3.63) is 51.0 Å². The highest BCUT2D eigenvalue weighted by atomic mass is 32.1. The lowest BCUT2D eigenvalue weighted by molar-refractivity contribution is -0.136. The third kappa shape index (κ3) is 2.96. The van der Waals surface area contributed by atoms with Crippen LogP contribution in [0.15, 0.2) is 24.3 Å². The summed E-state index contributed by atoms with van der Waals surface area (Å²) >= 11 is 1.78. The molecule has 0 amide bonds. The number of fused-ring (bicyclic) bond motifs is 1. The average molecular weight is 285 g/mol. The number of aliphatic carboxylic acids is 1. The first kappa shape index (κ1) is 13.1. The number of carboxylic acid groups (broad SMARTS) is 1. The van der Waals surface area contributed by atoms with Crippen molar-refractivity contribution < 1.29 is 9.90 Å². The zero-order valence-corrected chi connectivity index (χ0v) is 11.8. The molecule has 0 fully saturated rings. The van der Waals surface area contributed by atoms with E-state index in [1.165, 1.54) is 23.4 Å². The van der Waals surface area contributed by atoms with Crippen LogP contribution < -0.4 is 0 Å². The Morgan fingerprint density at radius 2 is 2.05 bits per heavy atom. The monoisotopic (exact) mass is 285 g/mol. The molecule has 1 aliphatic rings. The van der Waals surface area contributed by atoms with Gasteiger partial charge in [0.15, 0.2) is 0 Å². The summed E-state index contributed by atoms with van der Waals surface area (Å²) in [6.45, 7) is 0. The van der Waals surface area contributed by atoms with Crippen LogP contribution in [0.4, 0.5) is 0 Å². The molecule has 0 aliphatic heterocycles. The zero-order chi connectivity index (χ0) is 13.9. The summed E-state index contributed by atoms with van der Waals surface area (Å²) < 4.78 is 0. The molecular weight excluding hydrogens is 270 g/mol. The predicted molar refractivity (Wildman–Crippen MR) is 80.8 cm³/mol. The van der Waals surface area contributed by atoms with E-state index in [-0.39, 0.29) is 6.42 Å². The first-order valence-corrected chi connectivity index (χ1v) is 7.50. The molecule has 0 saturated carbocycles. The van der Waals surface area contributed by atoms with E-state index in [1.54, 1.807) is 11.3 Å². The Morgan fingerprint density at radius 1 is 1.25 bits per heavy atom. The fraction of sp³-hybridized carbons (Fsp3) is 0.250. The highest BCUT2D eigenvalue weighted by Gasteiger charge is 2.15. The van der Waals surface area contributed by atoms with Crippen LogP contribution in [0, 0.1) is 0 Å². The largest absolute Gasteiger partial charge is 0.481 e. The fourth-order valence-corrected chi connectivity index (χ4v) is 3.43. The molecule has 1 aliphatic carbocycles. The summed E-state index contributed by atoms with van der Waals surface area (Å²) in [7, 11) is 0. The standard InChI is InChI=1S/C16H15NO2S/c18-16(19)10-12-6-4-11(5-7-12)8-9-15-17-13-2-1-3-14(13)20-15/h4-9H,1-3,10H2,(H,18,19)/b9-8+. The van der Waals surface area contributed by atoms with Crippen LogP contribution in [0.25, 0.3) is 12.2 Å². The number of hydrogen-bond acceptors (Lipinski definition) is 3. The van der Waals surface area contributed by atoms with E-state index in [4.69, 9.17) is 5.11 Å². The van der Waals surface area contributed by atoms with Crippen molar-refractivity contribution in [2.24, 2.45) is 0 Å². The molecule has 1 heterocycles. The molecule has 1 N–H and O–H groups in total. The molecule has 0 radical (unpaired) electrons. The first-order valence-electron chi connectivity index (χ1n) is 6.68. The van der Waals surface area contributed by atoms with Crippen molar-refractivity contribution in [2.75, 3.05) is 0 Å². The van der Waals surface area contributed by atoms with Gasteiger partial charge in [-0.1, -0.05) is 30.3 Å². The lowest BCUT2D eigenvalue weighted by atomic mass is 10.1. The van der Waals surface area contributed by atoms with Crippen LogP contribution in [-0.2, 0) is 24.1 Å². The van der Waals surface area contributed by atoms with E-state index < -0.39 is 5.97 Å². The van der Waals surface area contributed by atoms with Gasteiger partial charge < -0.3 is 5.11 Å². The van der Waals surface area contributed by atoms with Crippen LogP contribution >= 0.6 is 11.3 Å². The third-order valence-corrected chi connectivity index (χ3v) is 4.49. The lowest BCUT2D eigenvalue weighted by Crippen LogP contribution is -1.99. The Bertz CT molecular complexity index is 634. The fourth-order valence-electron chi connectivity index (χ4n) is 2.37. The van der Waals surface area contributed by atoms with Gasteiger partial charge in [-0.15, -0.1) is 11.3 Å². The van der Waals surface area contributed by atoms with E-state index in [0.717, 1.165) is 22.6 Å². The van der Waals surface area contributed by atoms with Crippen molar-refractivity contribution in [3.63, 3.8) is 0 Å². The second-order valence-electron chi connectivity index (χ2n) is 4.92. The van der Waals surface area contributed by atoms with Gasteiger partial charge >= 0.3 is 5.97 Å².